The molecule has 0 aromatic carbocycles. The zero-order valence-corrected chi connectivity index (χ0v) is 7.65. The van der Waals surface area contributed by atoms with Gasteiger partial charge in [0.05, 0.1) is 12.0 Å². The van der Waals surface area contributed by atoms with E-state index in [1.807, 2.05) is 0 Å². The van der Waals surface area contributed by atoms with Crippen LogP contribution in [0.15, 0.2) is 12.5 Å². The molecule has 3 amide bonds. The van der Waals surface area contributed by atoms with Gasteiger partial charge in [0.15, 0.2) is 0 Å². The van der Waals surface area contributed by atoms with E-state index in [1.54, 1.807) is 12.5 Å². The summed E-state index contributed by atoms with van der Waals surface area (Å²) in [7, 11) is 1.46. The van der Waals surface area contributed by atoms with Gasteiger partial charge in [-0.15, -0.1) is 0 Å². The molecule has 2 rings (SSSR count). The summed E-state index contributed by atoms with van der Waals surface area (Å²) in [6.07, 6.45) is 3.68. The van der Waals surface area contributed by atoms with E-state index in [9.17, 15) is 9.59 Å². The summed E-state index contributed by atoms with van der Waals surface area (Å²) in [6, 6.07) is -0.827. The highest BCUT2D eigenvalue weighted by Crippen LogP contribution is 2.08. The smallest absolute Gasteiger partial charge is 0.324 e. The molecular weight excluding hydrogens is 184 g/mol. The molecule has 1 aliphatic rings. The fraction of sp³-hybridized carbons (Fsp3) is 0.375. The zero-order valence-electron chi connectivity index (χ0n) is 7.65. The first kappa shape index (κ1) is 8.74. The van der Waals surface area contributed by atoms with Gasteiger partial charge in [-0.1, -0.05) is 0 Å². The van der Waals surface area contributed by atoms with Crippen LogP contribution in [0.4, 0.5) is 4.79 Å². The molecule has 0 spiro atoms. The van der Waals surface area contributed by atoms with Crippen LogP contribution in [0.5, 0.6) is 0 Å². The number of hydrogen-bond acceptors (Lipinski definition) is 3. The van der Waals surface area contributed by atoms with Gasteiger partial charge in [0.1, 0.15) is 6.04 Å². The summed E-state index contributed by atoms with van der Waals surface area (Å²) in [4.78, 5) is 30.4. The van der Waals surface area contributed by atoms with Crippen LogP contribution < -0.4 is 5.32 Å². The quantitative estimate of drug-likeness (QED) is 0.623. The molecule has 2 heterocycles. The van der Waals surface area contributed by atoms with Crippen molar-refractivity contribution >= 4 is 11.9 Å². The van der Waals surface area contributed by atoms with Crippen LogP contribution in [-0.4, -0.2) is 39.9 Å². The second-order valence-corrected chi connectivity index (χ2v) is 3.16. The van der Waals surface area contributed by atoms with E-state index >= 15 is 0 Å². The van der Waals surface area contributed by atoms with Gasteiger partial charge in [0, 0.05) is 19.7 Å². The first-order chi connectivity index (χ1) is 6.68. The molecule has 1 atom stereocenters. The summed E-state index contributed by atoms with van der Waals surface area (Å²) >= 11 is 0. The maximum Gasteiger partial charge on any atom is 0.324 e. The van der Waals surface area contributed by atoms with Gasteiger partial charge >= 0.3 is 6.03 Å². The number of aromatic amines is 1. The largest absolute Gasteiger partial charge is 0.351 e. The molecule has 14 heavy (non-hydrogen) atoms. The molecule has 1 saturated heterocycles. The van der Waals surface area contributed by atoms with Crippen molar-refractivity contribution in [1.82, 2.24) is 20.2 Å². The van der Waals surface area contributed by atoms with Gasteiger partial charge in [-0.25, -0.2) is 9.78 Å². The minimum Gasteiger partial charge on any atom is -0.351 e. The summed E-state index contributed by atoms with van der Waals surface area (Å²) in [5, 5.41) is 2.58. The predicted molar refractivity (Wildman–Crippen MR) is 47.4 cm³/mol. The number of aromatic nitrogens is 2. The molecule has 6 heteroatoms. The molecule has 0 radical (unpaired) electrons. The Morgan fingerprint density at radius 3 is 2.86 bits per heavy atom. The van der Waals surface area contributed by atoms with E-state index in [0.717, 1.165) is 10.6 Å². The number of hydrogen-bond donors (Lipinski definition) is 2. The number of amides is 3. The summed E-state index contributed by atoms with van der Waals surface area (Å²) < 4.78 is 0. The first-order valence-electron chi connectivity index (χ1n) is 4.24. The number of carbonyl (C=O) groups is 2. The third kappa shape index (κ3) is 1.34. The van der Waals surface area contributed by atoms with Crippen LogP contribution in [0, 0.1) is 0 Å². The molecule has 6 nitrogen and oxygen atoms in total. The van der Waals surface area contributed by atoms with Gasteiger partial charge < -0.3 is 10.3 Å². The van der Waals surface area contributed by atoms with Crippen molar-refractivity contribution in [2.45, 2.75) is 12.5 Å². The van der Waals surface area contributed by atoms with Gasteiger partial charge in [-0.3, -0.25) is 9.69 Å². The Hall–Kier alpha value is -1.85. The zero-order chi connectivity index (χ0) is 10.1. The van der Waals surface area contributed by atoms with Crippen LogP contribution in [0.1, 0.15) is 5.69 Å². The molecule has 0 bridgehead atoms. The highest BCUT2D eigenvalue weighted by atomic mass is 16.2. The molecule has 0 aliphatic carbocycles. The molecule has 1 aromatic rings. The number of H-pyrrole nitrogens is 1. The first-order valence-corrected chi connectivity index (χ1v) is 4.24. The number of urea groups is 1. The van der Waals surface area contributed by atoms with Gasteiger partial charge in [-0.05, 0) is 0 Å². The molecule has 0 saturated carbocycles. The number of nitrogens with one attached hydrogen (secondary N) is 2. The molecule has 0 unspecified atom stereocenters. The maximum atomic E-state index is 11.4. The second-order valence-electron chi connectivity index (χ2n) is 3.16. The number of likely N-dealkylation sites (N-methyl/N-ethyl adjacent to an activating group) is 1. The van der Waals surface area contributed by atoms with Crippen LogP contribution in [-0.2, 0) is 11.2 Å². The van der Waals surface area contributed by atoms with Crippen molar-refractivity contribution in [2.24, 2.45) is 0 Å². The summed E-state index contributed by atoms with van der Waals surface area (Å²) in [6.45, 7) is 0. The Kier molecular flexibility index (Phi) is 1.95. The number of rotatable bonds is 2. The lowest BCUT2D eigenvalue weighted by atomic mass is 10.2. The second kappa shape index (κ2) is 3.13. The molecular formula is C8H10N4O2. The number of nitrogens with zero attached hydrogens (tertiary/aromatic N) is 2. The van der Waals surface area contributed by atoms with Crippen LogP contribution in [0.25, 0.3) is 0 Å². The predicted octanol–water partition coefficient (Wildman–Crippen LogP) is -0.498. The Labute approximate surface area is 80.3 Å². The Morgan fingerprint density at radius 1 is 1.57 bits per heavy atom. The summed E-state index contributed by atoms with van der Waals surface area (Å²) in [5.74, 6) is -0.210. The third-order valence-corrected chi connectivity index (χ3v) is 2.20. The Bertz CT molecular complexity index is 359. The van der Waals surface area contributed by atoms with E-state index in [2.05, 4.69) is 15.3 Å². The maximum absolute atomic E-state index is 11.4. The minimum absolute atomic E-state index is 0.210. The highest BCUT2D eigenvalue weighted by molar-refractivity contribution is 6.03. The summed E-state index contributed by atoms with van der Waals surface area (Å²) in [5.41, 5.74) is 0.763. The molecule has 74 valence electrons. The monoisotopic (exact) mass is 194 g/mol. The van der Waals surface area contributed by atoms with Crippen molar-refractivity contribution in [3.8, 4) is 0 Å². The van der Waals surface area contributed by atoms with E-state index in [1.165, 1.54) is 7.05 Å². The Morgan fingerprint density at radius 2 is 2.36 bits per heavy atom. The fourth-order valence-corrected chi connectivity index (χ4v) is 1.39. The lowest BCUT2D eigenvalue weighted by molar-refractivity contribution is -0.126. The molecule has 2 N–H and O–H groups in total. The fourth-order valence-electron chi connectivity index (χ4n) is 1.39. The van der Waals surface area contributed by atoms with Crippen molar-refractivity contribution in [2.75, 3.05) is 7.05 Å². The van der Waals surface area contributed by atoms with Crippen LogP contribution in [0.3, 0.4) is 0 Å². The lowest BCUT2D eigenvalue weighted by Crippen LogP contribution is -2.31. The lowest BCUT2D eigenvalue weighted by Gasteiger charge is -2.04. The van der Waals surface area contributed by atoms with Gasteiger partial charge in [-0.2, -0.15) is 0 Å². The average molecular weight is 194 g/mol. The SMILES string of the molecule is CN1C(=O)N[C@@H](Cc2c[nH]cn2)C1=O. The third-order valence-electron chi connectivity index (χ3n) is 2.20. The standard InChI is InChI=1S/C8H10N4O2/c1-12-7(13)6(11-8(12)14)2-5-3-9-4-10-5/h3-4,6H,2H2,1H3,(H,9,10)(H,11,14)/t6-/m0/s1. The molecule has 1 aliphatic heterocycles. The molecule has 1 fully saturated rings. The van der Waals surface area contributed by atoms with E-state index in [4.69, 9.17) is 0 Å². The number of imide groups is 1. The van der Waals surface area contributed by atoms with Crippen molar-refractivity contribution < 1.29 is 9.59 Å². The van der Waals surface area contributed by atoms with E-state index < -0.39 is 6.04 Å². The van der Waals surface area contributed by atoms with Crippen molar-refractivity contribution in [3.63, 3.8) is 0 Å². The van der Waals surface area contributed by atoms with Crippen molar-refractivity contribution in [1.29, 1.82) is 0 Å². The van der Waals surface area contributed by atoms with Gasteiger partial charge in [0.2, 0.25) is 0 Å². The van der Waals surface area contributed by atoms with Crippen molar-refractivity contribution in [3.05, 3.63) is 18.2 Å². The number of imidazole rings is 1. The Balaban J connectivity index is 2.07. The van der Waals surface area contributed by atoms with Gasteiger partial charge in [0.25, 0.3) is 5.91 Å². The van der Waals surface area contributed by atoms with E-state index in [-0.39, 0.29) is 11.9 Å². The van der Waals surface area contributed by atoms with Crippen LogP contribution >= 0.6 is 0 Å². The minimum atomic E-state index is -0.476. The normalized spacial score (nSPS) is 21.5. The highest BCUT2D eigenvalue weighted by Gasteiger charge is 2.35. The average Bonchev–Trinajstić information content (AvgIpc) is 2.73. The van der Waals surface area contributed by atoms with E-state index in [0.29, 0.717) is 6.42 Å². The topological polar surface area (TPSA) is 78.1 Å². The molecule has 1 aromatic heterocycles. The van der Waals surface area contributed by atoms with Crippen LogP contribution in [0.2, 0.25) is 0 Å². The number of carbonyl (C=O) groups excluding carboxylic acids is 2.